The lowest BCUT2D eigenvalue weighted by atomic mass is 9.82. The fraction of sp³-hybridized carbons (Fsp3) is 0.452. The Balaban J connectivity index is 1.27. The normalized spacial score (nSPS) is 26.8. The molecule has 0 radical (unpaired) electrons. The maximum absolute atomic E-state index is 16.1. The minimum absolute atomic E-state index is 0.0755. The molecule has 232 valence electrons. The zero-order valence-electron chi connectivity index (χ0n) is 25.1. The van der Waals surface area contributed by atoms with Crippen LogP contribution < -0.4 is 10.2 Å². The van der Waals surface area contributed by atoms with Crippen LogP contribution in [0.1, 0.15) is 49.4 Å². The summed E-state index contributed by atoms with van der Waals surface area (Å²) < 4.78 is 29.7. The molecule has 2 N–H and O–H groups in total. The van der Waals surface area contributed by atoms with E-state index in [0.29, 0.717) is 35.6 Å². The van der Waals surface area contributed by atoms with Gasteiger partial charge in [-0.05, 0) is 43.3 Å². The van der Waals surface area contributed by atoms with Crippen LogP contribution in [0.15, 0.2) is 54.7 Å². The number of rotatable bonds is 9. The number of esters is 1. The number of halogens is 1. The Kier molecular flexibility index (Phi) is 7.66. The molecule has 2 saturated heterocycles. The molecule has 2 fully saturated rings. The Morgan fingerprint density at radius 3 is 2.66 bits per heavy atom. The Morgan fingerprint density at radius 2 is 2.00 bits per heavy atom. The first kappa shape index (κ1) is 30.1. The van der Waals surface area contributed by atoms with Gasteiger partial charge < -0.3 is 24.0 Å². The molecule has 6 atom stereocenters. The fourth-order valence-corrected chi connectivity index (χ4v) is 9.70. The van der Waals surface area contributed by atoms with Crippen LogP contribution in [-0.2, 0) is 36.0 Å². The number of nitrogens with zero attached hydrogens (tertiary/aromatic N) is 4. The summed E-state index contributed by atoms with van der Waals surface area (Å²) in [5.74, 6) is -1.91. The Bertz CT molecular complexity index is 1600. The van der Waals surface area contributed by atoms with Crippen LogP contribution in [0, 0.1) is 5.92 Å². The van der Waals surface area contributed by atoms with E-state index in [2.05, 4.69) is 15.6 Å². The molecular formula is C31H36FN5O6Si. The predicted molar refractivity (Wildman–Crippen MR) is 161 cm³/mol. The maximum Gasteiger partial charge on any atom is 0.304 e. The van der Waals surface area contributed by atoms with E-state index in [0.717, 1.165) is 5.56 Å². The highest BCUT2D eigenvalue weighted by Gasteiger charge is 2.65. The largest absolute Gasteiger partial charge is 0.441 e. The molecule has 6 rings (SSSR count). The number of nitrogens with one attached hydrogen (secondary N) is 1. The maximum atomic E-state index is 16.1. The minimum atomic E-state index is -3.37. The third kappa shape index (κ3) is 5.02. The van der Waals surface area contributed by atoms with Crippen molar-refractivity contribution in [1.29, 1.82) is 0 Å². The van der Waals surface area contributed by atoms with Crippen LogP contribution in [0.5, 0.6) is 0 Å². The van der Waals surface area contributed by atoms with Gasteiger partial charge in [-0.3, -0.25) is 24.0 Å². The standard InChI is InChI=1S/C31H36FN5O6Si/c1-18-29(44(3,4)32)26(12-13-36-16-25(34-35-36)22(17-38)20-8-6-5-7-9-20)43-31(18)23-14-21(10-11-24(23)33-30(31)41)37-27(40)15-28(37)42-19(2)39/h5-11,14,16,18,22,26,28-29,38H,12-13,15,17H2,1-4H3,(H,33,41)/t18-,22?,26+,28?,29-,31+/m0/s1. The van der Waals surface area contributed by atoms with E-state index in [4.69, 9.17) is 9.47 Å². The number of aliphatic hydroxyl groups is 1. The van der Waals surface area contributed by atoms with Crippen molar-refractivity contribution in [1.82, 2.24) is 15.0 Å². The van der Waals surface area contributed by atoms with Crippen molar-refractivity contribution in [3.05, 3.63) is 71.5 Å². The van der Waals surface area contributed by atoms with Gasteiger partial charge >= 0.3 is 5.97 Å². The van der Waals surface area contributed by atoms with E-state index < -0.39 is 43.8 Å². The number of aryl methyl sites for hydroxylation is 1. The highest BCUT2D eigenvalue weighted by Crippen LogP contribution is 2.59. The summed E-state index contributed by atoms with van der Waals surface area (Å²) in [5, 5.41) is 21.5. The van der Waals surface area contributed by atoms with Gasteiger partial charge in [0.25, 0.3) is 5.91 Å². The third-order valence-corrected chi connectivity index (χ3v) is 11.6. The van der Waals surface area contributed by atoms with E-state index in [-0.39, 0.29) is 30.8 Å². The number of aromatic nitrogens is 3. The molecular weight excluding hydrogens is 585 g/mol. The summed E-state index contributed by atoms with van der Waals surface area (Å²) in [6, 6.07) is 14.7. The highest BCUT2D eigenvalue weighted by atomic mass is 28.4. The molecule has 1 aromatic heterocycles. The Labute approximate surface area is 255 Å². The lowest BCUT2D eigenvalue weighted by Gasteiger charge is -2.39. The zero-order chi connectivity index (χ0) is 31.4. The van der Waals surface area contributed by atoms with Crippen molar-refractivity contribution < 1.29 is 33.1 Å². The number of ether oxygens (including phenoxy) is 2. The summed E-state index contributed by atoms with van der Waals surface area (Å²) >= 11 is 0. The molecule has 0 aliphatic carbocycles. The Morgan fingerprint density at radius 1 is 1.25 bits per heavy atom. The SMILES string of the molecule is CC(=O)OC1CC(=O)N1c1ccc2c(c1)[C@@]1(O[C@H](CCn3cc(C(CO)c4ccccc4)nn3)[C@@H]([Si](C)(C)F)[C@@H]1C)C(=O)N2. The minimum Gasteiger partial charge on any atom is -0.441 e. The first-order valence-electron chi connectivity index (χ1n) is 14.8. The second kappa shape index (κ2) is 11.2. The lowest BCUT2D eigenvalue weighted by molar-refractivity contribution is -0.153. The number of amides is 2. The molecule has 3 aromatic rings. The fourth-order valence-electron chi connectivity index (χ4n) is 7.15. The molecule has 1 spiro atoms. The van der Waals surface area contributed by atoms with Crippen molar-refractivity contribution in [2.24, 2.45) is 5.92 Å². The second-order valence-corrected chi connectivity index (χ2v) is 16.1. The van der Waals surface area contributed by atoms with Crippen molar-refractivity contribution >= 4 is 37.6 Å². The van der Waals surface area contributed by atoms with Crippen molar-refractivity contribution in [3.63, 3.8) is 0 Å². The molecule has 4 heterocycles. The van der Waals surface area contributed by atoms with E-state index in [1.54, 1.807) is 42.2 Å². The van der Waals surface area contributed by atoms with Gasteiger partial charge in [-0.15, -0.1) is 5.10 Å². The summed E-state index contributed by atoms with van der Waals surface area (Å²) in [7, 11) is -3.37. The number of hydrogen-bond acceptors (Lipinski definition) is 8. The van der Waals surface area contributed by atoms with Crippen LogP contribution in [0.3, 0.4) is 0 Å². The van der Waals surface area contributed by atoms with Gasteiger partial charge in [0, 0.05) is 48.1 Å². The number of hydrogen-bond donors (Lipinski definition) is 2. The van der Waals surface area contributed by atoms with Crippen LogP contribution in [0.25, 0.3) is 0 Å². The third-order valence-electron chi connectivity index (χ3n) is 9.13. The number of aliphatic hydroxyl groups excluding tert-OH is 1. The zero-order valence-corrected chi connectivity index (χ0v) is 26.1. The number of β-lactam (4-membered cyclic amide) rings is 1. The summed E-state index contributed by atoms with van der Waals surface area (Å²) in [6.45, 7) is 6.65. The van der Waals surface area contributed by atoms with Crippen molar-refractivity contribution in [3.8, 4) is 0 Å². The molecule has 3 aliphatic heterocycles. The molecule has 0 saturated carbocycles. The van der Waals surface area contributed by atoms with E-state index in [1.807, 2.05) is 37.3 Å². The van der Waals surface area contributed by atoms with Crippen LogP contribution in [-0.4, -0.2) is 65.2 Å². The van der Waals surface area contributed by atoms with Gasteiger partial charge in [0.05, 0.1) is 30.7 Å². The molecule has 3 aliphatic rings. The summed E-state index contributed by atoms with van der Waals surface area (Å²) in [4.78, 5) is 39.2. The topological polar surface area (TPSA) is 136 Å². The number of benzene rings is 2. The first-order valence-corrected chi connectivity index (χ1v) is 17.8. The quantitative estimate of drug-likeness (QED) is 0.159. The van der Waals surface area contributed by atoms with Gasteiger partial charge in [-0.25, -0.2) is 0 Å². The van der Waals surface area contributed by atoms with E-state index in [1.165, 1.54) is 11.8 Å². The van der Waals surface area contributed by atoms with E-state index >= 15 is 4.11 Å². The lowest BCUT2D eigenvalue weighted by Crippen LogP contribution is -2.55. The molecule has 2 unspecified atom stereocenters. The van der Waals surface area contributed by atoms with Gasteiger partial charge in [0.1, 0.15) is 0 Å². The summed E-state index contributed by atoms with van der Waals surface area (Å²) in [6.07, 6.45) is 0.927. The molecule has 11 nitrogen and oxygen atoms in total. The first-order chi connectivity index (χ1) is 20.9. The molecule has 44 heavy (non-hydrogen) atoms. The van der Waals surface area contributed by atoms with Gasteiger partial charge in [-0.2, -0.15) is 0 Å². The number of carbonyl (C=O) groups excluding carboxylic acids is 3. The van der Waals surface area contributed by atoms with Gasteiger partial charge in [-0.1, -0.05) is 42.5 Å². The van der Waals surface area contributed by atoms with Crippen LogP contribution in [0.4, 0.5) is 15.5 Å². The van der Waals surface area contributed by atoms with Crippen molar-refractivity contribution in [2.75, 3.05) is 16.8 Å². The average molecular weight is 622 g/mol. The predicted octanol–water partition coefficient (Wildman–Crippen LogP) is 3.85. The van der Waals surface area contributed by atoms with Crippen molar-refractivity contribution in [2.45, 2.75) is 75.7 Å². The molecule has 2 aromatic carbocycles. The molecule has 13 heteroatoms. The number of anilines is 2. The van der Waals surface area contributed by atoms with Gasteiger partial charge in [0.2, 0.25) is 14.3 Å². The molecule has 0 bridgehead atoms. The monoisotopic (exact) mass is 621 g/mol. The smallest absolute Gasteiger partial charge is 0.304 e. The van der Waals surface area contributed by atoms with Gasteiger partial charge in [0.15, 0.2) is 11.8 Å². The highest BCUT2D eigenvalue weighted by molar-refractivity contribution is 6.72. The molecule has 2 amide bonds. The number of fused-ring (bicyclic) bond motifs is 2. The van der Waals surface area contributed by atoms with Crippen LogP contribution >= 0.6 is 0 Å². The summed E-state index contributed by atoms with van der Waals surface area (Å²) in [5.41, 5.74) is 1.13. The van der Waals surface area contributed by atoms with E-state index in [9.17, 15) is 19.5 Å². The average Bonchev–Trinajstić information content (AvgIpc) is 3.63. The van der Waals surface area contributed by atoms with Crippen LogP contribution in [0.2, 0.25) is 18.6 Å². The number of carbonyl (C=O) groups is 3. The second-order valence-electron chi connectivity index (χ2n) is 12.3. The Hall–Kier alpha value is -3.94.